The standard InChI is InChI=1S/C23H22N4O3S/c1-4-20-26-27-21(24)17(22(28)25-23(27)31-20)12-15-10-11-18(19(13-15)29-3)30-14(2)16-8-6-5-7-9-16/h5-14,24H,4H2,1-3H3/b17-12-,24-21?. The highest BCUT2D eigenvalue weighted by Crippen LogP contribution is 2.34. The molecule has 0 aromatic heterocycles. The summed E-state index contributed by atoms with van der Waals surface area (Å²) in [6, 6.07) is 15.3. The zero-order chi connectivity index (χ0) is 22.0. The van der Waals surface area contributed by atoms with Gasteiger partial charge in [-0.05, 0) is 54.4 Å². The normalized spacial score (nSPS) is 17.9. The monoisotopic (exact) mass is 434 g/mol. The first-order chi connectivity index (χ1) is 15.0. The molecule has 1 atom stereocenters. The second kappa shape index (κ2) is 8.77. The van der Waals surface area contributed by atoms with E-state index in [1.165, 1.54) is 16.8 Å². The first-order valence-electron chi connectivity index (χ1n) is 9.89. The van der Waals surface area contributed by atoms with Crippen molar-refractivity contribution in [2.75, 3.05) is 7.11 Å². The zero-order valence-corrected chi connectivity index (χ0v) is 18.3. The van der Waals surface area contributed by atoms with Crippen molar-refractivity contribution in [2.45, 2.75) is 26.4 Å². The van der Waals surface area contributed by atoms with E-state index < -0.39 is 5.91 Å². The summed E-state index contributed by atoms with van der Waals surface area (Å²) in [7, 11) is 1.57. The van der Waals surface area contributed by atoms with Gasteiger partial charge in [0.25, 0.3) is 5.91 Å². The van der Waals surface area contributed by atoms with Gasteiger partial charge in [-0.1, -0.05) is 43.3 Å². The van der Waals surface area contributed by atoms with Gasteiger partial charge in [0, 0.05) is 0 Å². The van der Waals surface area contributed by atoms with Gasteiger partial charge >= 0.3 is 0 Å². The number of rotatable bonds is 6. The predicted octanol–water partition coefficient (Wildman–Crippen LogP) is 4.86. The maximum absolute atomic E-state index is 12.5. The van der Waals surface area contributed by atoms with Crippen LogP contribution in [0.3, 0.4) is 0 Å². The molecule has 0 bridgehead atoms. The smallest absolute Gasteiger partial charge is 0.283 e. The molecule has 0 radical (unpaired) electrons. The summed E-state index contributed by atoms with van der Waals surface area (Å²) in [6.07, 6.45) is 2.20. The van der Waals surface area contributed by atoms with E-state index in [0.717, 1.165) is 17.0 Å². The van der Waals surface area contributed by atoms with Gasteiger partial charge in [-0.25, -0.2) is 0 Å². The Morgan fingerprint density at radius 2 is 1.97 bits per heavy atom. The molecule has 31 heavy (non-hydrogen) atoms. The Morgan fingerprint density at radius 1 is 1.19 bits per heavy atom. The number of hydrazone groups is 1. The van der Waals surface area contributed by atoms with Crippen LogP contribution in [0.5, 0.6) is 11.5 Å². The highest BCUT2D eigenvalue weighted by Gasteiger charge is 2.35. The van der Waals surface area contributed by atoms with Crippen molar-refractivity contribution in [3.8, 4) is 11.5 Å². The fraction of sp³-hybridized carbons (Fsp3) is 0.217. The number of nitrogens with one attached hydrogen (secondary N) is 1. The van der Waals surface area contributed by atoms with Gasteiger partial charge in [-0.3, -0.25) is 10.2 Å². The Kier molecular flexibility index (Phi) is 5.90. The summed E-state index contributed by atoms with van der Waals surface area (Å²) < 4.78 is 11.6. The topological polar surface area (TPSA) is 87.3 Å². The van der Waals surface area contributed by atoms with Crippen molar-refractivity contribution in [3.05, 3.63) is 65.2 Å². The fourth-order valence-corrected chi connectivity index (χ4v) is 4.02. The van der Waals surface area contributed by atoms with Crippen molar-refractivity contribution < 1.29 is 14.3 Å². The van der Waals surface area contributed by atoms with Gasteiger partial charge in [-0.15, -0.1) is 0 Å². The molecular formula is C23H22N4O3S. The number of carbonyl (C=O) groups excluding carboxylic acids is 1. The van der Waals surface area contributed by atoms with Gasteiger partial charge in [0.05, 0.1) is 12.7 Å². The van der Waals surface area contributed by atoms with Crippen LogP contribution in [0, 0.1) is 5.41 Å². The van der Waals surface area contributed by atoms with E-state index in [-0.39, 0.29) is 17.5 Å². The quantitative estimate of drug-likeness (QED) is 0.656. The maximum Gasteiger partial charge on any atom is 0.283 e. The van der Waals surface area contributed by atoms with Gasteiger partial charge in [0.15, 0.2) is 17.3 Å². The Morgan fingerprint density at radius 3 is 2.68 bits per heavy atom. The molecule has 1 unspecified atom stereocenters. The number of amides is 1. The molecule has 1 amide bonds. The Bertz CT molecular complexity index is 1120. The predicted molar refractivity (Wildman–Crippen MR) is 124 cm³/mol. The summed E-state index contributed by atoms with van der Waals surface area (Å²) in [5.41, 5.74) is 1.94. The lowest BCUT2D eigenvalue weighted by atomic mass is 10.1. The molecule has 2 aliphatic heterocycles. The minimum Gasteiger partial charge on any atom is -0.493 e. The molecule has 0 saturated heterocycles. The van der Waals surface area contributed by atoms with Crippen LogP contribution in [0.1, 0.15) is 37.5 Å². The van der Waals surface area contributed by atoms with Crippen molar-refractivity contribution in [1.82, 2.24) is 5.01 Å². The third-order valence-corrected chi connectivity index (χ3v) is 5.92. The molecule has 2 aromatic rings. The SMILES string of the molecule is CCC1=NN2C(=N)/C(=C/c3ccc(OC(C)c4ccccc4)c(OC)c3)C(=O)N=C2S1. The molecule has 0 spiro atoms. The molecule has 158 valence electrons. The number of methoxy groups -OCH3 is 1. The molecule has 4 rings (SSSR count). The number of ether oxygens (including phenoxy) is 2. The number of fused-ring (bicyclic) bond motifs is 1. The van der Waals surface area contributed by atoms with Crippen molar-refractivity contribution in [3.63, 3.8) is 0 Å². The molecular weight excluding hydrogens is 412 g/mol. The second-order valence-corrected chi connectivity index (χ2v) is 7.99. The maximum atomic E-state index is 12.5. The number of nitrogens with zero attached hydrogens (tertiary/aromatic N) is 3. The third kappa shape index (κ3) is 4.25. The van der Waals surface area contributed by atoms with E-state index in [1.807, 2.05) is 50.2 Å². The van der Waals surface area contributed by atoms with E-state index in [9.17, 15) is 4.79 Å². The van der Waals surface area contributed by atoms with Crippen LogP contribution >= 0.6 is 11.8 Å². The van der Waals surface area contributed by atoms with E-state index >= 15 is 0 Å². The van der Waals surface area contributed by atoms with Crippen LogP contribution in [0.25, 0.3) is 6.08 Å². The molecule has 1 N–H and O–H groups in total. The van der Waals surface area contributed by atoms with Crippen LogP contribution in [0.2, 0.25) is 0 Å². The van der Waals surface area contributed by atoms with Crippen LogP contribution in [0.4, 0.5) is 0 Å². The van der Waals surface area contributed by atoms with Crippen LogP contribution in [-0.4, -0.2) is 34.1 Å². The highest BCUT2D eigenvalue weighted by molar-refractivity contribution is 8.26. The van der Waals surface area contributed by atoms with E-state index in [4.69, 9.17) is 14.9 Å². The average molecular weight is 435 g/mol. The number of thioether (sulfide) groups is 1. The van der Waals surface area contributed by atoms with Gasteiger partial charge in [0.1, 0.15) is 11.1 Å². The lowest BCUT2D eigenvalue weighted by Gasteiger charge is -2.20. The molecule has 2 aliphatic rings. The number of aliphatic imine (C=N–C) groups is 1. The Balaban J connectivity index is 1.59. The summed E-state index contributed by atoms with van der Waals surface area (Å²) in [5.74, 6) is 0.704. The van der Waals surface area contributed by atoms with Gasteiger partial charge in [-0.2, -0.15) is 15.1 Å². The number of carbonyl (C=O) groups is 1. The minimum absolute atomic E-state index is 0.0166. The first-order valence-corrected chi connectivity index (χ1v) is 10.7. The van der Waals surface area contributed by atoms with E-state index in [1.54, 1.807) is 25.3 Å². The second-order valence-electron chi connectivity index (χ2n) is 6.95. The molecule has 7 nitrogen and oxygen atoms in total. The van der Waals surface area contributed by atoms with E-state index in [0.29, 0.717) is 22.2 Å². The highest BCUT2D eigenvalue weighted by atomic mass is 32.2. The lowest BCUT2D eigenvalue weighted by molar-refractivity contribution is -0.114. The molecule has 8 heteroatoms. The summed E-state index contributed by atoms with van der Waals surface area (Å²) in [4.78, 5) is 16.6. The largest absolute Gasteiger partial charge is 0.493 e. The Hall–Kier alpha value is -3.39. The van der Waals surface area contributed by atoms with E-state index in [2.05, 4.69) is 10.1 Å². The fourth-order valence-electron chi connectivity index (χ4n) is 3.20. The molecule has 0 saturated carbocycles. The molecule has 2 heterocycles. The number of hydrogen-bond donors (Lipinski definition) is 1. The first kappa shape index (κ1) is 20.9. The van der Waals surface area contributed by atoms with Gasteiger partial charge in [0.2, 0.25) is 5.17 Å². The van der Waals surface area contributed by atoms with Crippen molar-refractivity contribution in [1.29, 1.82) is 5.41 Å². The van der Waals surface area contributed by atoms with Crippen LogP contribution < -0.4 is 9.47 Å². The van der Waals surface area contributed by atoms with Crippen molar-refractivity contribution >= 4 is 39.8 Å². The summed E-state index contributed by atoms with van der Waals surface area (Å²) in [6.45, 7) is 3.95. The third-order valence-electron chi connectivity index (χ3n) is 4.87. The van der Waals surface area contributed by atoms with Crippen LogP contribution in [0.15, 0.2) is 64.2 Å². The number of hydrogen-bond acceptors (Lipinski definition) is 6. The number of amidine groups is 2. The van der Waals surface area contributed by atoms with Crippen molar-refractivity contribution in [2.24, 2.45) is 10.1 Å². The summed E-state index contributed by atoms with van der Waals surface area (Å²) >= 11 is 1.32. The van der Waals surface area contributed by atoms with Crippen LogP contribution in [-0.2, 0) is 4.79 Å². The molecule has 2 aromatic carbocycles. The number of benzene rings is 2. The summed E-state index contributed by atoms with van der Waals surface area (Å²) in [5, 5.41) is 15.5. The minimum atomic E-state index is -0.451. The molecule has 0 aliphatic carbocycles. The van der Waals surface area contributed by atoms with Gasteiger partial charge < -0.3 is 9.47 Å². The Labute approximate surface area is 185 Å². The average Bonchev–Trinajstić information content (AvgIpc) is 3.21. The lowest BCUT2D eigenvalue weighted by Crippen LogP contribution is -2.35. The molecule has 0 fully saturated rings. The zero-order valence-electron chi connectivity index (χ0n) is 17.5.